The highest BCUT2D eigenvalue weighted by Crippen LogP contribution is 2.05. The Hall–Kier alpha value is -1.05. The van der Waals surface area contributed by atoms with Crippen LogP contribution in [0.25, 0.3) is 0 Å². The van der Waals surface area contributed by atoms with Crippen molar-refractivity contribution in [3.05, 3.63) is 30.0 Å². The summed E-state index contributed by atoms with van der Waals surface area (Å²) in [6.45, 7) is 0. The molecule has 42 valence electrons. The standard InChI is InChI=1S/C6H6FN/c7-5-3-1-2-4-6(5)8/h1-4H,8H2/i1D,2D,3D,4D. The van der Waals surface area contributed by atoms with Gasteiger partial charge in [-0.1, -0.05) is 12.1 Å². The highest BCUT2D eigenvalue weighted by atomic mass is 19.1. The summed E-state index contributed by atoms with van der Waals surface area (Å²) in [7, 11) is 0. The molecule has 8 heavy (non-hydrogen) atoms. The Morgan fingerprint density at radius 1 is 1.50 bits per heavy atom. The molecule has 2 N–H and O–H groups in total. The first-order chi connectivity index (χ1) is 5.46. The van der Waals surface area contributed by atoms with Gasteiger partial charge in [0.1, 0.15) is 5.82 Å². The number of nitrogen functional groups attached to an aromatic ring is 1. The Kier molecular flexibility index (Phi) is 0.467. The highest BCUT2D eigenvalue weighted by molar-refractivity contribution is 5.38. The molecule has 0 fully saturated rings. The van der Waals surface area contributed by atoms with Crippen molar-refractivity contribution in [2.45, 2.75) is 0 Å². The predicted octanol–water partition coefficient (Wildman–Crippen LogP) is 1.41. The molecule has 0 aliphatic heterocycles. The third-order valence-electron chi connectivity index (χ3n) is 0.668. The van der Waals surface area contributed by atoms with Crippen LogP contribution in [-0.2, 0) is 0 Å². The van der Waals surface area contributed by atoms with Gasteiger partial charge in [-0.2, -0.15) is 0 Å². The SMILES string of the molecule is [2H]c1c([2H])c([2H])c(F)c(N)c1[2H]. The molecule has 0 atom stereocenters. The number of rotatable bonds is 0. The quantitative estimate of drug-likeness (QED) is 0.508. The van der Waals surface area contributed by atoms with Crippen molar-refractivity contribution in [3.8, 4) is 0 Å². The van der Waals surface area contributed by atoms with Crippen LogP contribution in [-0.4, -0.2) is 0 Å². The fourth-order valence-electron chi connectivity index (χ4n) is 0.307. The van der Waals surface area contributed by atoms with Crippen molar-refractivity contribution >= 4 is 5.69 Å². The topological polar surface area (TPSA) is 26.0 Å². The smallest absolute Gasteiger partial charge is 0.146 e. The lowest BCUT2D eigenvalue weighted by Gasteiger charge is -1.89. The number of nitrogens with two attached hydrogens (primary N) is 1. The maximum Gasteiger partial charge on any atom is 0.146 e. The molecule has 0 heterocycles. The first-order valence-electron chi connectivity index (χ1n) is 3.98. The maximum absolute atomic E-state index is 12.8. The van der Waals surface area contributed by atoms with Crippen LogP contribution >= 0.6 is 0 Å². The Morgan fingerprint density at radius 2 is 2.12 bits per heavy atom. The molecule has 0 saturated heterocycles. The molecular weight excluding hydrogens is 105 g/mol. The second kappa shape index (κ2) is 1.82. The van der Waals surface area contributed by atoms with Gasteiger partial charge in [0.15, 0.2) is 0 Å². The van der Waals surface area contributed by atoms with E-state index < -0.39 is 35.7 Å². The minimum Gasteiger partial charge on any atom is -0.396 e. The number of hydrogen-bond acceptors (Lipinski definition) is 1. The van der Waals surface area contributed by atoms with Crippen molar-refractivity contribution in [1.29, 1.82) is 0 Å². The Bertz CT molecular complexity index is 234. The van der Waals surface area contributed by atoms with Crippen molar-refractivity contribution < 1.29 is 9.87 Å². The monoisotopic (exact) mass is 115 g/mol. The highest BCUT2D eigenvalue weighted by Gasteiger charge is 1.89. The van der Waals surface area contributed by atoms with Gasteiger partial charge in [-0.05, 0) is 12.1 Å². The molecule has 1 aromatic rings. The molecule has 0 bridgehead atoms. The zero-order valence-electron chi connectivity index (χ0n) is 7.96. The van der Waals surface area contributed by atoms with Crippen LogP contribution in [0.4, 0.5) is 10.1 Å². The van der Waals surface area contributed by atoms with E-state index in [1.165, 1.54) is 0 Å². The number of para-hydroxylation sites is 1. The molecule has 0 amide bonds. The molecular formula is C6H6FN. The van der Waals surface area contributed by atoms with Crippen LogP contribution in [0.3, 0.4) is 0 Å². The van der Waals surface area contributed by atoms with E-state index >= 15 is 0 Å². The van der Waals surface area contributed by atoms with Gasteiger partial charge in [0.05, 0.1) is 11.2 Å². The number of halogens is 1. The number of benzene rings is 1. The van der Waals surface area contributed by atoms with E-state index in [4.69, 9.17) is 11.2 Å². The third kappa shape index (κ3) is 0.780. The molecule has 0 aliphatic carbocycles. The second-order valence-corrected chi connectivity index (χ2v) is 1.23. The largest absolute Gasteiger partial charge is 0.396 e. The molecule has 0 saturated carbocycles. The molecule has 2 heteroatoms. The van der Waals surface area contributed by atoms with Crippen LogP contribution in [0.2, 0.25) is 0 Å². The van der Waals surface area contributed by atoms with E-state index in [0.717, 1.165) is 0 Å². The summed E-state index contributed by atoms with van der Waals surface area (Å²) in [5.41, 5.74) is 4.53. The zero-order chi connectivity index (χ0) is 9.46. The normalized spacial score (nSPS) is 16.1. The fraction of sp³-hybridized carbons (Fsp3) is 0. The van der Waals surface area contributed by atoms with Gasteiger partial charge >= 0.3 is 0 Å². The lowest BCUT2D eigenvalue weighted by molar-refractivity contribution is 0.632. The van der Waals surface area contributed by atoms with Crippen LogP contribution in [0, 0.1) is 5.82 Å². The summed E-state index contributed by atoms with van der Waals surface area (Å²) in [5, 5.41) is 0. The Morgan fingerprint density at radius 3 is 2.88 bits per heavy atom. The van der Waals surface area contributed by atoms with E-state index in [9.17, 15) is 4.39 Å². The molecule has 0 radical (unpaired) electrons. The predicted molar refractivity (Wildman–Crippen MR) is 30.8 cm³/mol. The summed E-state index contributed by atoms with van der Waals surface area (Å²) < 4.78 is 41.0. The van der Waals surface area contributed by atoms with E-state index in [1.807, 2.05) is 0 Å². The third-order valence-corrected chi connectivity index (χ3v) is 0.668. The molecule has 0 aromatic heterocycles. The number of anilines is 1. The van der Waals surface area contributed by atoms with Crippen LogP contribution in [0.5, 0.6) is 0 Å². The van der Waals surface area contributed by atoms with Crippen LogP contribution in [0.15, 0.2) is 24.2 Å². The molecule has 1 nitrogen and oxygen atoms in total. The summed E-state index contributed by atoms with van der Waals surface area (Å²) in [6, 6.07) is -2.38. The van der Waals surface area contributed by atoms with Crippen molar-refractivity contribution in [1.82, 2.24) is 0 Å². The van der Waals surface area contributed by atoms with Gasteiger partial charge < -0.3 is 5.73 Å². The van der Waals surface area contributed by atoms with Crippen molar-refractivity contribution in [2.75, 3.05) is 5.73 Å². The van der Waals surface area contributed by atoms with E-state index in [2.05, 4.69) is 0 Å². The maximum atomic E-state index is 12.8. The average Bonchev–Trinajstić information content (AvgIpc) is 2.08. The molecule has 0 unspecified atom stereocenters. The van der Waals surface area contributed by atoms with Crippen molar-refractivity contribution in [3.63, 3.8) is 0 Å². The van der Waals surface area contributed by atoms with Gasteiger partial charge in [0.25, 0.3) is 0 Å². The second-order valence-electron chi connectivity index (χ2n) is 1.23. The Labute approximate surface area is 52.6 Å². The first-order valence-corrected chi connectivity index (χ1v) is 1.98. The van der Waals surface area contributed by atoms with Gasteiger partial charge in [-0.15, -0.1) is 0 Å². The minimum atomic E-state index is -1.10. The lowest BCUT2D eigenvalue weighted by Crippen LogP contribution is -1.86. The van der Waals surface area contributed by atoms with Gasteiger partial charge in [0.2, 0.25) is 0 Å². The molecule has 0 aliphatic rings. The number of hydrogen-bond donors (Lipinski definition) is 1. The molecule has 0 spiro atoms. The van der Waals surface area contributed by atoms with Gasteiger partial charge in [-0.25, -0.2) is 4.39 Å². The van der Waals surface area contributed by atoms with E-state index in [-0.39, 0.29) is 0 Å². The summed E-state index contributed by atoms with van der Waals surface area (Å²) in [5.74, 6) is -1.10. The summed E-state index contributed by atoms with van der Waals surface area (Å²) in [4.78, 5) is 0. The van der Waals surface area contributed by atoms with Crippen LogP contribution < -0.4 is 5.73 Å². The van der Waals surface area contributed by atoms with Crippen molar-refractivity contribution in [2.24, 2.45) is 0 Å². The van der Waals surface area contributed by atoms with E-state index in [1.54, 1.807) is 0 Å². The Balaban J connectivity index is 3.60. The first kappa shape index (κ1) is 2.05. The summed E-state index contributed by atoms with van der Waals surface area (Å²) >= 11 is 0. The summed E-state index contributed by atoms with van der Waals surface area (Å²) in [6.07, 6.45) is 0. The van der Waals surface area contributed by atoms with Gasteiger partial charge in [-0.3, -0.25) is 0 Å². The van der Waals surface area contributed by atoms with E-state index in [0.29, 0.717) is 0 Å². The molecule has 1 rings (SSSR count). The zero-order valence-corrected chi connectivity index (χ0v) is 3.96. The fourth-order valence-corrected chi connectivity index (χ4v) is 0.307. The lowest BCUT2D eigenvalue weighted by atomic mass is 10.3. The van der Waals surface area contributed by atoms with Gasteiger partial charge in [0, 0.05) is 0 Å². The van der Waals surface area contributed by atoms with Crippen LogP contribution in [0.1, 0.15) is 5.48 Å². The minimum absolute atomic E-state index is 0.515. The molecule has 1 aromatic carbocycles. The average molecular weight is 115 g/mol.